The summed E-state index contributed by atoms with van der Waals surface area (Å²) in [5.74, 6) is -0.252. The summed E-state index contributed by atoms with van der Waals surface area (Å²) >= 11 is 0. The minimum absolute atomic E-state index is 0.252. The summed E-state index contributed by atoms with van der Waals surface area (Å²) in [4.78, 5) is 16.6. The van der Waals surface area contributed by atoms with E-state index < -0.39 is 5.41 Å². The van der Waals surface area contributed by atoms with Crippen molar-refractivity contribution in [2.75, 3.05) is 18.5 Å². The van der Waals surface area contributed by atoms with E-state index in [4.69, 9.17) is 4.74 Å². The molecule has 2 aromatic rings. The number of pyridine rings is 1. The smallest absolute Gasteiger partial charge is 0.245 e. The number of benzene rings is 1. The highest BCUT2D eigenvalue weighted by atomic mass is 16.5. The van der Waals surface area contributed by atoms with E-state index in [0.29, 0.717) is 31.7 Å². The molecular formula is C16H15N3O2. The monoisotopic (exact) mass is 281 g/mol. The Bertz CT molecular complexity index is 710. The minimum atomic E-state index is -0.993. The summed E-state index contributed by atoms with van der Waals surface area (Å²) in [6.45, 7) is 0.890. The van der Waals surface area contributed by atoms with Crippen LogP contribution < -0.4 is 5.32 Å². The Balaban J connectivity index is 1.91. The van der Waals surface area contributed by atoms with Crippen molar-refractivity contribution in [3.8, 4) is 6.07 Å². The Morgan fingerprint density at radius 1 is 1.33 bits per heavy atom. The van der Waals surface area contributed by atoms with Gasteiger partial charge in [-0.15, -0.1) is 0 Å². The van der Waals surface area contributed by atoms with Gasteiger partial charge in [-0.25, -0.2) is 0 Å². The predicted molar refractivity (Wildman–Crippen MR) is 78.5 cm³/mol. The number of aromatic nitrogens is 1. The molecule has 1 aliphatic heterocycles. The van der Waals surface area contributed by atoms with Crippen molar-refractivity contribution in [2.24, 2.45) is 5.41 Å². The molecular weight excluding hydrogens is 266 g/mol. The van der Waals surface area contributed by atoms with E-state index in [1.54, 1.807) is 12.4 Å². The number of ether oxygens (including phenoxy) is 1. The number of carbonyl (C=O) groups excluding carboxylic acids is 1. The summed E-state index contributed by atoms with van der Waals surface area (Å²) in [5.41, 5.74) is -0.283. The number of rotatable bonds is 2. The molecule has 0 spiro atoms. The lowest BCUT2D eigenvalue weighted by Crippen LogP contribution is -2.39. The van der Waals surface area contributed by atoms with E-state index in [1.165, 1.54) is 0 Å². The molecule has 1 N–H and O–H groups in total. The topological polar surface area (TPSA) is 75.0 Å². The van der Waals surface area contributed by atoms with Gasteiger partial charge < -0.3 is 10.1 Å². The van der Waals surface area contributed by atoms with Crippen LogP contribution in [0.25, 0.3) is 10.8 Å². The standard InChI is InChI=1S/C16H15N3O2/c17-11-16(5-8-21-9-6-16)15(20)19-14-3-1-2-12-10-18-7-4-13(12)14/h1-4,7,10H,5-6,8-9H2,(H,19,20). The van der Waals surface area contributed by atoms with Crippen LogP contribution in [-0.4, -0.2) is 24.1 Å². The van der Waals surface area contributed by atoms with Crippen molar-refractivity contribution in [3.63, 3.8) is 0 Å². The highest BCUT2D eigenvalue weighted by Crippen LogP contribution is 2.32. The molecule has 0 atom stereocenters. The zero-order valence-electron chi connectivity index (χ0n) is 11.5. The summed E-state index contributed by atoms with van der Waals surface area (Å²) in [5, 5.41) is 14.2. The van der Waals surface area contributed by atoms with E-state index in [-0.39, 0.29) is 5.91 Å². The van der Waals surface area contributed by atoms with Crippen LogP contribution >= 0.6 is 0 Å². The Hall–Kier alpha value is -2.45. The Morgan fingerprint density at radius 2 is 2.14 bits per heavy atom. The van der Waals surface area contributed by atoms with Crippen LogP contribution in [0, 0.1) is 16.7 Å². The molecule has 5 nitrogen and oxygen atoms in total. The SMILES string of the molecule is N#CC1(C(=O)Nc2cccc3cnccc23)CCOCC1. The largest absolute Gasteiger partial charge is 0.381 e. The van der Waals surface area contributed by atoms with Crippen molar-refractivity contribution in [3.05, 3.63) is 36.7 Å². The van der Waals surface area contributed by atoms with E-state index in [1.807, 2.05) is 24.3 Å². The fourth-order valence-electron chi connectivity index (χ4n) is 2.58. The average molecular weight is 281 g/mol. The zero-order valence-corrected chi connectivity index (χ0v) is 11.5. The minimum Gasteiger partial charge on any atom is -0.381 e. The van der Waals surface area contributed by atoms with Gasteiger partial charge in [0.05, 0.1) is 6.07 Å². The number of hydrogen-bond donors (Lipinski definition) is 1. The molecule has 0 bridgehead atoms. The Labute approximate surface area is 122 Å². The maximum absolute atomic E-state index is 12.6. The number of nitriles is 1. The van der Waals surface area contributed by atoms with Gasteiger partial charge in [-0.1, -0.05) is 12.1 Å². The molecule has 0 saturated carbocycles. The van der Waals surface area contributed by atoms with Crippen molar-refractivity contribution in [2.45, 2.75) is 12.8 Å². The molecule has 0 unspecified atom stereocenters. The first-order valence-corrected chi connectivity index (χ1v) is 6.88. The normalized spacial score (nSPS) is 17.1. The fraction of sp³-hybridized carbons (Fsp3) is 0.312. The van der Waals surface area contributed by atoms with E-state index >= 15 is 0 Å². The molecule has 0 aliphatic carbocycles. The lowest BCUT2D eigenvalue weighted by atomic mass is 9.81. The van der Waals surface area contributed by atoms with Crippen LogP contribution in [0.1, 0.15) is 12.8 Å². The van der Waals surface area contributed by atoms with Crippen molar-refractivity contribution >= 4 is 22.4 Å². The van der Waals surface area contributed by atoms with Gasteiger partial charge in [0.2, 0.25) is 5.91 Å². The number of fused-ring (bicyclic) bond motifs is 1. The molecule has 1 amide bonds. The summed E-state index contributed by atoms with van der Waals surface area (Å²) < 4.78 is 5.26. The summed E-state index contributed by atoms with van der Waals surface area (Å²) in [6.07, 6.45) is 4.30. The Morgan fingerprint density at radius 3 is 2.90 bits per heavy atom. The Kier molecular flexibility index (Phi) is 3.55. The lowest BCUT2D eigenvalue weighted by Gasteiger charge is -2.29. The number of amides is 1. The number of nitrogens with one attached hydrogen (secondary N) is 1. The molecule has 1 saturated heterocycles. The van der Waals surface area contributed by atoms with Crippen LogP contribution in [0.15, 0.2) is 36.7 Å². The second-order valence-corrected chi connectivity index (χ2v) is 5.16. The van der Waals surface area contributed by atoms with Crippen LogP contribution in [0.5, 0.6) is 0 Å². The second kappa shape index (κ2) is 5.51. The van der Waals surface area contributed by atoms with Crippen LogP contribution in [-0.2, 0) is 9.53 Å². The third-order valence-corrected chi connectivity index (χ3v) is 3.92. The average Bonchev–Trinajstić information content (AvgIpc) is 2.56. The molecule has 21 heavy (non-hydrogen) atoms. The summed E-state index contributed by atoms with van der Waals surface area (Å²) in [7, 11) is 0. The van der Waals surface area contributed by atoms with Gasteiger partial charge in [0.25, 0.3) is 0 Å². The second-order valence-electron chi connectivity index (χ2n) is 5.16. The highest BCUT2D eigenvalue weighted by molar-refractivity contribution is 6.04. The highest BCUT2D eigenvalue weighted by Gasteiger charge is 2.40. The number of anilines is 1. The molecule has 2 heterocycles. The number of hydrogen-bond acceptors (Lipinski definition) is 4. The van der Waals surface area contributed by atoms with Gasteiger partial charge in [0.15, 0.2) is 0 Å². The van der Waals surface area contributed by atoms with Gasteiger partial charge in [0.1, 0.15) is 5.41 Å². The molecule has 1 fully saturated rings. The molecule has 0 radical (unpaired) electrons. The fourth-order valence-corrected chi connectivity index (χ4v) is 2.58. The maximum Gasteiger partial charge on any atom is 0.245 e. The van der Waals surface area contributed by atoms with Gasteiger partial charge in [0, 0.05) is 42.1 Å². The molecule has 106 valence electrons. The zero-order chi connectivity index (χ0) is 14.7. The van der Waals surface area contributed by atoms with E-state index in [2.05, 4.69) is 16.4 Å². The van der Waals surface area contributed by atoms with Gasteiger partial charge >= 0.3 is 0 Å². The number of carbonyl (C=O) groups is 1. The summed E-state index contributed by atoms with van der Waals surface area (Å²) in [6, 6.07) is 9.67. The third-order valence-electron chi connectivity index (χ3n) is 3.92. The van der Waals surface area contributed by atoms with E-state index in [9.17, 15) is 10.1 Å². The quantitative estimate of drug-likeness (QED) is 0.917. The molecule has 1 aromatic heterocycles. The number of nitrogens with zero attached hydrogens (tertiary/aromatic N) is 2. The first-order chi connectivity index (χ1) is 10.2. The van der Waals surface area contributed by atoms with Gasteiger partial charge in [-0.05, 0) is 25.0 Å². The molecule has 5 heteroatoms. The molecule has 1 aliphatic rings. The lowest BCUT2D eigenvalue weighted by molar-refractivity contribution is -0.126. The van der Waals surface area contributed by atoms with Crippen LogP contribution in [0.2, 0.25) is 0 Å². The van der Waals surface area contributed by atoms with Crippen LogP contribution in [0.3, 0.4) is 0 Å². The molecule has 3 rings (SSSR count). The predicted octanol–water partition coefficient (Wildman–Crippen LogP) is 2.49. The van der Waals surface area contributed by atoms with Crippen molar-refractivity contribution < 1.29 is 9.53 Å². The van der Waals surface area contributed by atoms with Crippen LogP contribution in [0.4, 0.5) is 5.69 Å². The first kappa shape index (κ1) is 13.5. The van der Waals surface area contributed by atoms with Gasteiger partial charge in [-0.2, -0.15) is 5.26 Å². The van der Waals surface area contributed by atoms with Gasteiger partial charge in [-0.3, -0.25) is 9.78 Å². The van der Waals surface area contributed by atoms with E-state index in [0.717, 1.165) is 10.8 Å². The molecule has 1 aromatic carbocycles. The van der Waals surface area contributed by atoms with Crippen molar-refractivity contribution in [1.29, 1.82) is 5.26 Å². The maximum atomic E-state index is 12.6. The third kappa shape index (κ3) is 2.46. The van der Waals surface area contributed by atoms with Crippen molar-refractivity contribution in [1.82, 2.24) is 4.98 Å². The first-order valence-electron chi connectivity index (χ1n) is 6.88.